The number of nitrogens with one attached hydrogen (secondary N) is 1. The Balaban J connectivity index is 0.926. The second-order valence-corrected chi connectivity index (χ2v) is 10.7. The van der Waals surface area contributed by atoms with E-state index in [1.807, 2.05) is 9.80 Å². The predicted molar refractivity (Wildman–Crippen MR) is 107 cm³/mol. The Morgan fingerprint density at radius 2 is 1.71 bits per heavy atom. The van der Waals surface area contributed by atoms with E-state index in [9.17, 15) is 26.7 Å². The van der Waals surface area contributed by atoms with Crippen LogP contribution >= 0.6 is 0 Å². The maximum Gasteiger partial charge on any atom is 0.453 e. The first kappa shape index (κ1) is 21.8. The lowest BCUT2D eigenvalue weighted by molar-refractivity contribution is -0.145. The molecular weight excluding hydrogens is 461 g/mol. The van der Waals surface area contributed by atoms with Crippen LogP contribution in [-0.4, -0.2) is 67.0 Å². The number of amides is 2. The topological polar surface area (TPSA) is 82.9 Å². The lowest BCUT2D eigenvalue weighted by Crippen LogP contribution is -2.71. The molecule has 4 aliphatic rings. The second-order valence-electron chi connectivity index (χ2n) is 10.7. The third kappa shape index (κ3) is 3.54. The zero-order valence-electron chi connectivity index (χ0n) is 18.2. The van der Waals surface area contributed by atoms with Crippen LogP contribution < -0.4 is 0 Å². The molecule has 0 radical (unpaired) electrons. The molecule has 2 spiro atoms. The molecular formula is C21H24F5N7O. The molecule has 0 aromatic carbocycles. The Morgan fingerprint density at radius 1 is 1.09 bits per heavy atom. The minimum absolute atomic E-state index is 0.0179. The van der Waals surface area contributed by atoms with Gasteiger partial charge in [0, 0.05) is 42.7 Å². The van der Waals surface area contributed by atoms with Gasteiger partial charge in [-0.25, -0.2) is 23.2 Å². The first-order chi connectivity index (χ1) is 16.0. The highest BCUT2D eigenvalue weighted by Gasteiger charge is 2.58. The molecule has 0 atom stereocenters. The molecule has 2 saturated heterocycles. The summed E-state index contributed by atoms with van der Waals surface area (Å²) in [6.45, 7) is 2.70. The van der Waals surface area contributed by atoms with E-state index < -0.39 is 18.4 Å². The van der Waals surface area contributed by atoms with E-state index in [2.05, 4.69) is 20.3 Å². The Bertz CT molecular complexity index is 1080. The van der Waals surface area contributed by atoms with Crippen LogP contribution in [0.25, 0.3) is 0 Å². The number of hydrogen-bond donors (Lipinski definition) is 1. The van der Waals surface area contributed by atoms with E-state index in [1.54, 1.807) is 0 Å². The minimum Gasteiger partial charge on any atom is -0.323 e. The summed E-state index contributed by atoms with van der Waals surface area (Å²) in [5, 5.41) is 9.88. The van der Waals surface area contributed by atoms with Crippen molar-refractivity contribution >= 4 is 6.03 Å². The molecule has 2 aromatic rings. The SMILES string of the molecule is O=C(N1CC2(CC(Cc3cc(C(F)F)n[nH]3)C2)C1)N1CC2(CC(n3cnc(C(F)(F)F)n3)C2)C1. The summed E-state index contributed by atoms with van der Waals surface area (Å²) in [4.78, 5) is 19.8. The van der Waals surface area contributed by atoms with Gasteiger partial charge in [-0.1, -0.05) is 0 Å². The number of likely N-dealkylation sites (tertiary alicyclic amines) is 2. The van der Waals surface area contributed by atoms with Crippen molar-refractivity contribution < 1.29 is 26.7 Å². The number of aromatic nitrogens is 5. The van der Waals surface area contributed by atoms with Crippen LogP contribution in [0.5, 0.6) is 0 Å². The summed E-state index contributed by atoms with van der Waals surface area (Å²) in [5.74, 6) is -0.705. The predicted octanol–water partition coefficient (Wildman–Crippen LogP) is 3.67. The van der Waals surface area contributed by atoms with Crippen LogP contribution in [0.1, 0.15) is 55.4 Å². The fourth-order valence-electron chi connectivity index (χ4n) is 6.44. The lowest BCUT2D eigenvalue weighted by Gasteiger charge is -2.63. The van der Waals surface area contributed by atoms with E-state index in [0.717, 1.165) is 38.0 Å². The highest BCUT2D eigenvalue weighted by atomic mass is 19.4. The molecule has 2 aliphatic carbocycles. The van der Waals surface area contributed by atoms with Crippen molar-refractivity contribution in [2.45, 2.75) is 50.7 Å². The smallest absolute Gasteiger partial charge is 0.323 e. The van der Waals surface area contributed by atoms with Crippen LogP contribution in [0.4, 0.5) is 26.7 Å². The highest BCUT2D eigenvalue weighted by Crippen LogP contribution is 2.56. The molecule has 184 valence electrons. The number of alkyl halides is 5. The Hall–Kier alpha value is -2.73. The number of halogens is 5. The van der Waals surface area contributed by atoms with Gasteiger partial charge in [0.2, 0.25) is 0 Å². The van der Waals surface area contributed by atoms with Crippen LogP contribution in [0.2, 0.25) is 0 Å². The second kappa shape index (κ2) is 7.14. The molecule has 1 N–H and O–H groups in total. The number of nitrogens with zero attached hydrogens (tertiary/aromatic N) is 6. The number of H-pyrrole nitrogens is 1. The van der Waals surface area contributed by atoms with E-state index in [1.165, 1.54) is 10.7 Å². The number of carbonyl (C=O) groups excluding carboxylic acids is 1. The van der Waals surface area contributed by atoms with Gasteiger partial charge in [0.25, 0.3) is 12.2 Å². The Labute approximate surface area is 191 Å². The molecule has 4 heterocycles. The standard InChI is InChI=1S/C21H24F5N7O/c22-16(23)15-2-13(28-29-15)1-12-3-19(4-12)7-31(8-19)18(34)32-9-20(10-32)5-14(6-20)33-11-27-17(30-33)21(24,25)26/h2,11-12,14,16H,1,3-10H2,(H,28,29). The zero-order valence-corrected chi connectivity index (χ0v) is 18.2. The molecule has 13 heteroatoms. The van der Waals surface area contributed by atoms with Gasteiger partial charge in [-0.2, -0.15) is 18.3 Å². The van der Waals surface area contributed by atoms with Crippen LogP contribution in [0.15, 0.2) is 12.4 Å². The average Bonchev–Trinajstić information content (AvgIpc) is 3.29. The van der Waals surface area contributed by atoms with Crippen molar-refractivity contribution in [2.24, 2.45) is 16.7 Å². The molecule has 2 aromatic heterocycles. The van der Waals surface area contributed by atoms with Gasteiger partial charge in [-0.3, -0.25) is 5.10 Å². The molecule has 34 heavy (non-hydrogen) atoms. The van der Waals surface area contributed by atoms with Crippen molar-refractivity contribution in [2.75, 3.05) is 26.2 Å². The normalized spacial score (nSPS) is 23.7. The van der Waals surface area contributed by atoms with Gasteiger partial charge in [-0.05, 0) is 44.1 Å². The summed E-state index contributed by atoms with van der Waals surface area (Å²) in [7, 11) is 0. The van der Waals surface area contributed by atoms with Gasteiger partial charge in [0.05, 0.1) is 6.04 Å². The Kier molecular flexibility index (Phi) is 4.57. The van der Waals surface area contributed by atoms with Gasteiger partial charge in [0.15, 0.2) is 0 Å². The number of urea groups is 1. The Morgan fingerprint density at radius 3 is 2.24 bits per heavy atom. The molecule has 2 aliphatic heterocycles. The first-order valence-corrected chi connectivity index (χ1v) is 11.4. The quantitative estimate of drug-likeness (QED) is 0.670. The van der Waals surface area contributed by atoms with E-state index in [-0.39, 0.29) is 28.6 Å². The third-order valence-electron chi connectivity index (χ3n) is 7.95. The summed E-state index contributed by atoms with van der Waals surface area (Å²) in [6, 6.07) is 1.35. The van der Waals surface area contributed by atoms with Crippen molar-refractivity contribution in [1.29, 1.82) is 0 Å². The number of carbonyl (C=O) groups is 1. The number of hydrogen-bond acceptors (Lipinski definition) is 4. The molecule has 8 nitrogen and oxygen atoms in total. The minimum atomic E-state index is -4.54. The van der Waals surface area contributed by atoms with E-state index in [4.69, 9.17) is 0 Å². The van der Waals surface area contributed by atoms with Gasteiger partial charge in [-0.15, -0.1) is 5.10 Å². The summed E-state index contributed by atoms with van der Waals surface area (Å²) >= 11 is 0. The highest BCUT2D eigenvalue weighted by molar-refractivity contribution is 5.77. The zero-order chi connectivity index (χ0) is 23.9. The summed E-state index contributed by atoms with van der Waals surface area (Å²) in [6.07, 6.45) is -1.93. The molecule has 0 unspecified atom stereocenters. The van der Waals surface area contributed by atoms with Crippen molar-refractivity contribution in [3.05, 3.63) is 29.6 Å². The van der Waals surface area contributed by atoms with Crippen LogP contribution in [-0.2, 0) is 12.6 Å². The number of aromatic amines is 1. The van der Waals surface area contributed by atoms with E-state index >= 15 is 0 Å². The summed E-state index contributed by atoms with van der Waals surface area (Å²) in [5.41, 5.74) is 0.643. The fourth-order valence-corrected chi connectivity index (χ4v) is 6.44. The lowest BCUT2D eigenvalue weighted by atomic mass is 9.56. The molecule has 0 bridgehead atoms. The molecule has 4 fully saturated rings. The largest absolute Gasteiger partial charge is 0.453 e. The molecule has 6 rings (SSSR count). The van der Waals surface area contributed by atoms with Crippen molar-refractivity contribution in [1.82, 2.24) is 34.8 Å². The fraction of sp³-hybridized carbons (Fsp3) is 0.714. The first-order valence-electron chi connectivity index (χ1n) is 11.4. The third-order valence-corrected chi connectivity index (χ3v) is 7.95. The maximum atomic E-state index is 12.8. The monoisotopic (exact) mass is 485 g/mol. The van der Waals surface area contributed by atoms with Crippen LogP contribution in [0, 0.1) is 16.7 Å². The average molecular weight is 485 g/mol. The van der Waals surface area contributed by atoms with Crippen LogP contribution in [0.3, 0.4) is 0 Å². The van der Waals surface area contributed by atoms with E-state index in [0.29, 0.717) is 38.3 Å². The van der Waals surface area contributed by atoms with Gasteiger partial charge < -0.3 is 9.80 Å². The van der Waals surface area contributed by atoms with Gasteiger partial charge in [0.1, 0.15) is 12.0 Å². The maximum absolute atomic E-state index is 12.8. The summed E-state index contributed by atoms with van der Waals surface area (Å²) < 4.78 is 64.7. The van der Waals surface area contributed by atoms with Crippen molar-refractivity contribution in [3.63, 3.8) is 0 Å². The van der Waals surface area contributed by atoms with Crippen molar-refractivity contribution in [3.8, 4) is 0 Å². The van der Waals surface area contributed by atoms with Gasteiger partial charge >= 0.3 is 12.2 Å². The molecule has 2 amide bonds. The number of rotatable bonds is 4. The molecule has 2 saturated carbocycles.